The van der Waals surface area contributed by atoms with E-state index in [2.05, 4.69) is 0 Å². The summed E-state index contributed by atoms with van der Waals surface area (Å²) in [6.07, 6.45) is 0. The number of rotatable bonds is 4. The molecule has 0 aromatic heterocycles. The van der Waals surface area contributed by atoms with Crippen LogP contribution in [0.4, 0.5) is 0 Å². The molecule has 0 saturated heterocycles. The van der Waals surface area contributed by atoms with Crippen LogP contribution in [0, 0.1) is 0 Å². The molecule has 1 aromatic carbocycles. The van der Waals surface area contributed by atoms with Gasteiger partial charge in [0.05, 0.1) is 12.9 Å². The first-order chi connectivity index (χ1) is 6.22. The Morgan fingerprint density at radius 3 is 3.00 bits per heavy atom. The van der Waals surface area contributed by atoms with Crippen LogP contribution in [0.25, 0.3) is 0 Å². The van der Waals surface area contributed by atoms with Gasteiger partial charge in [-0.15, -0.1) is 11.8 Å². The lowest BCUT2D eigenvalue weighted by atomic mass is 10.3. The third-order valence-electron chi connectivity index (χ3n) is 1.39. The second kappa shape index (κ2) is 5.14. The second-order valence-electron chi connectivity index (χ2n) is 2.32. The molecule has 0 aliphatic heterocycles. The van der Waals surface area contributed by atoms with E-state index >= 15 is 0 Å². The van der Waals surface area contributed by atoms with Crippen LogP contribution in [0.15, 0.2) is 29.2 Å². The molecule has 0 amide bonds. The quantitative estimate of drug-likeness (QED) is 0.572. The molecule has 0 spiro atoms. The SMILES string of the molecule is COc1cccc(SCC(=O)Cl)c1. The highest BCUT2D eigenvalue weighted by molar-refractivity contribution is 8.00. The van der Waals surface area contributed by atoms with E-state index in [-0.39, 0.29) is 11.0 Å². The maximum Gasteiger partial charge on any atom is 0.231 e. The standard InChI is InChI=1S/C9H9ClO2S/c1-12-7-3-2-4-8(5-7)13-6-9(10)11/h2-5H,6H2,1H3. The largest absolute Gasteiger partial charge is 0.497 e. The van der Waals surface area contributed by atoms with Gasteiger partial charge in [0, 0.05) is 4.90 Å². The number of benzene rings is 1. The molecular formula is C9H9ClO2S. The predicted octanol–water partition coefficient (Wildman–Crippen LogP) is 2.55. The van der Waals surface area contributed by atoms with Crippen molar-refractivity contribution in [3.63, 3.8) is 0 Å². The molecule has 0 N–H and O–H groups in total. The van der Waals surface area contributed by atoms with Crippen molar-refractivity contribution >= 4 is 28.6 Å². The fourth-order valence-electron chi connectivity index (χ4n) is 0.831. The van der Waals surface area contributed by atoms with Crippen LogP contribution in [-0.2, 0) is 4.79 Å². The molecule has 0 heterocycles. The van der Waals surface area contributed by atoms with Crippen molar-refractivity contribution in [1.82, 2.24) is 0 Å². The van der Waals surface area contributed by atoms with Crippen LogP contribution in [0.5, 0.6) is 5.75 Å². The van der Waals surface area contributed by atoms with E-state index < -0.39 is 0 Å². The van der Waals surface area contributed by atoms with E-state index in [0.717, 1.165) is 10.6 Å². The Kier molecular flexibility index (Phi) is 4.12. The zero-order valence-corrected chi connectivity index (χ0v) is 8.69. The molecule has 4 heteroatoms. The summed E-state index contributed by atoms with van der Waals surface area (Å²) in [6, 6.07) is 7.50. The molecule has 0 fully saturated rings. The molecule has 0 aliphatic rings. The molecule has 70 valence electrons. The van der Waals surface area contributed by atoms with Crippen LogP contribution in [0.3, 0.4) is 0 Å². The van der Waals surface area contributed by atoms with Gasteiger partial charge in [0.25, 0.3) is 0 Å². The molecule has 0 bridgehead atoms. The first-order valence-corrected chi connectivity index (χ1v) is 5.04. The van der Waals surface area contributed by atoms with Gasteiger partial charge < -0.3 is 4.74 Å². The molecule has 0 radical (unpaired) electrons. The number of hydrogen-bond acceptors (Lipinski definition) is 3. The Hall–Kier alpha value is -0.670. The molecule has 1 aromatic rings. The topological polar surface area (TPSA) is 26.3 Å². The fourth-order valence-corrected chi connectivity index (χ4v) is 1.65. The first-order valence-electron chi connectivity index (χ1n) is 3.67. The highest BCUT2D eigenvalue weighted by Gasteiger charge is 1.99. The van der Waals surface area contributed by atoms with Crippen molar-refractivity contribution < 1.29 is 9.53 Å². The number of thioether (sulfide) groups is 1. The van der Waals surface area contributed by atoms with Gasteiger partial charge in [0.2, 0.25) is 5.24 Å². The molecule has 0 atom stereocenters. The summed E-state index contributed by atoms with van der Waals surface area (Å²) in [4.78, 5) is 11.5. The average Bonchev–Trinajstić information content (AvgIpc) is 2.15. The summed E-state index contributed by atoms with van der Waals surface area (Å²) in [7, 11) is 1.61. The number of carbonyl (C=O) groups excluding carboxylic acids is 1. The van der Waals surface area contributed by atoms with E-state index in [4.69, 9.17) is 16.3 Å². The van der Waals surface area contributed by atoms with Gasteiger partial charge in [-0.05, 0) is 29.8 Å². The Bertz CT molecular complexity index is 301. The van der Waals surface area contributed by atoms with Crippen LogP contribution in [0.2, 0.25) is 0 Å². The molecular weight excluding hydrogens is 208 g/mol. The van der Waals surface area contributed by atoms with Gasteiger partial charge >= 0.3 is 0 Å². The first kappa shape index (κ1) is 10.4. The summed E-state index contributed by atoms with van der Waals surface area (Å²) in [6.45, 7) is 0. The van der Waals surface area contributed by atoms with E-state index in [1.807, 2.05) is 24.3 Å². The van der Waals surface area contributed by atoms with Crippen molar-refractivity contribution in [2.75, 3.05) is 12.9 Å². The normalized spacial score (nSPS) is 9.69. The lowest BCUT2D eigenvalue weighted by molar-refractivity contribution is -0.109. The predicted molar refractivity (Wildman–Crippen MR) is 54.6 cm³/mol. The van der Waals surface area contributed by atoms with Crippen LogP contribution >= 0.6 is 23.4 Å². The summed E-state index contributed by atoms with van der Waals surface area (Å²) in [5.74, 6) is 1.07. The zero-order valence-electron chi connectivity index (χ0n) is 7.12. The lowest BCUT2D eigenvalue weighted by Crippen LogP contribution is -1.89. The van der Waals surface area contributed by atoms with Crippen molar-refractivity contribution in [2.24, 2.45) is 0 Å². The van der Waals surface area contributed by atoms with Gasteiger partial charge in [-0.1, -0.05) is 6.07 Å². The van der Waals surface area contributed by atoms with E-state index in [1.54, 1.807) is 7.11 Å². The Labute approximate surface area is 86.2 Å². The number of ether oxygens (including phenoxy) is 1. The third-order valence-corrected chi connectivity index (χ3v) is 2.68. The minimum Gasteiger partial charge on any atom is -0.497 e. The van der Waals surface area contributed by atoms with E-state index in [0.29, 0.717) is 0 Å². The minimum absolute atomic E-state index is 0.286. The highest BCUT2D eigenvalue weighted by atomic mass is 35.5. The lowest BCUT2D eigenvalue weighted by Gasteiger charge is -2.01. The Morgan fingerprint density at radius 1 is 1.62 bits per heavy atom. The molecule has 0 saturated carbocycles. The third kappa shape index (κ3) is 3.70. The number of methoxy groups -OCH3 is 1. The van der Waals surface area contributed by atoms with Gasteiger partial charge in [-0.25, -0.2) is 0 Å². The summed E-state index contributed by atoms with van der Waals surface area (Å²) >= 11 is 6.61. The van der Waals surface area contributed by atoms with Gasteiger partial charge in [-0.2, -0.15) is 0 Å². The van der Waals surface area contributed by atoms with E-state index in [1.165, 1.54) is 11.8 Å². The van der Waals surface area contributed by atoms with Crippen molar-refractivity contribution in [2.45, 2.75) is 4.90 Å². The van der Waals surface area contributed by atoms with Crippen molar-refractivity contribution in [3.05, 3.63) is 24.3 Å². The van der Waals surface area contributed by atoms with Crippen molar-refractivity contribution in [3.8, 4) is 5.75 Å². The monoisotopic (exact) mass is 216 g/mol. The Balaban J connectivity index is 2.61. The van der Waals surface area contributed by atoms with Crippen LogP contribution < -0.4 is 4.74 Å². The summed E-state index contributed by atoms with van der Waals surface area (Å²) in [5.41, 5.74) is 0. The van der Waals surface area contributed by atoms with Crippen molar-refractivity contribution in [1.29, 1.82) is 0 Å². The summed E-state index contributed by atoms with van der Waals surface area (Å²) in [5, 5.41) is -0.340. The number of halogens is 1. The molecule has 2 nitrogen and oxygen atoms in total. The maximum atomic E-state index is 10.5. The highest BCUT2D eigenvalue weighted by Crippen LogP contribution is 2.22. The van der Waals surface area contributed by atoms with E-state index in [9.17, 15) is 4.79 Å². The zero-order chi connectivity index (χ0) is 9.68. The fraction of sp³-hybridized carbons (Fsp3) is 0.222. The Morgan fingerprint density at radius 2 is 2.38 bits per heavy atom. The molecule has 13 heavy (non-hydrogen) atoms. The summed E-state index contributed by atoms with van der Waals surface area (Å²) < 4.78 is 5.03. The van der Waals surface area contributed by atoms with Gasteiger partial charge in [0.1, 0.15) is 5.75 Å². The maximum absolute atomic E-state index is 10.5. The smallest absolute Gasteiger partial charge is 0.231 e. The van der Waals surface area contributed by atoms with Gasteiger partial charge in [-0.3, -0.25) is 4.79 Å². The van der Waals surface area contributed by atoms with Gasteiger partial charge in [0.15, 0.2) is 0 Å². The molecule has 0 aliphatic carbocycles. The average molecular weight is 217 g/mol. The molecule has 1 rings (SSSR count). The van der Waals surface area contributed by atoms with Crippen LogP contribution in [-0.4, -0.2) is 18.1 Å². The number of carbonyl (C=O) groups is 1. The second-order valence-corrected chi connectivity index (χ2v) is 3.79. The minimum atomic E-state index is -0.340. The van der Waals surface area contributed by atoms with Crippen LogP contribution in [0.1, 0.15) is 0 Å². The number of hydrogen-bond donors (Lipinski definition) is 0. The molecule has 0 unspecified atom stereocenters.